The molecule has 6 heteroatoms. The second-order valence-electron chi connectivity index (χ2n) is 4.78. The molecule has 1 saturated heterocycles. The highest BCUT2D eigenvalue weighted by molar-refractivity contribution is 7.89. The van der Waals surface area contributed by atoms with E-state index in [2.05, 4.69) is 11.8 Å². The summed E-state index contributed by atoms with van der Waals surface area (Å²) in [5.74, 6) is 0.568. The Hall–Kier alpha value is -0.170. The number of sulfonamides is 1. The summed E-state index contributed by atoms with van der Waals surface area (Å²) in [6.07, 6.45) is 0.542. The van der Waals surface area contributed by atoms with Crippen molar-refractivity contribution in [3.05, 3.63) is 0 Å². The monoisotopic (exact) mass is 249 g/mol. The highest BCUT2D eigenvalue weighted by Gasteiger charge is 2.36. The van der Waals surface area contributed by atoms with Gasteiger partial charge in [-0.1, -0.05) is 6.92 Å². The van der Waals surface area contributed by atoms with Crippen molar-refractivity contribution in [1.82, 2.24) is 9.21 Å². The van der Waals surface area contributed by atoms with Crippen LogP contribution in [0.1, 0.15) is 13.3 Å². The van der Waals surface area contributed by atoms with Gasteiger partial charge < -0.3 is 10.6 Å². The van der Waals surface area contributed by atoms with Gasteiger partial charge in [0.25, 0.3) is 0 Å². The minimum absolute atomic E-state index is 0.177. The first kappa shape index (κ1) is 13.9. The number of rotatable bonds is 5. The van der Waals surface area contributed by atoms with Crippen molar-refractivity contribution >= 4 is 10.0 Å². The van der Waals surface area contributed by atoms with Gasteiger partial charge in [-0.3, -0.25) is 0 Å². The molecule has 0 radical (unpaired) electrons. The van der Waals surface area contributed by atoms with Crippen LogP contribution in [0.2, 0.25) is 0 Å². The Morgan fingerprint density at radius 1 is 1.38 bits per heavy atom. The summed E-state index contributed by atoms with van der Waals surface area (Å²) >= 11 is 0. The zero-order chi connectivity index (χ0) is 12.3. The summed E-state index contributed by atoms with van der Waals surface area (Å²) in [7, 11) is 0.900. The largest absolute Gasteiger partial charge is 0.330 e. The van der Waals surface area contributed by atoms with E-state index in [1.807, 2.05) is 14.1 Å². The van der Waals surface area contributed by atoms with Gasteiger partial charge in [-0.05, 0) is 33.0 Å². The van der Waals surface area contributed by atoms with E-state index in [0.29, 0.717) is 38.0 Å². The number of likely N-dealkylation sites (N-methyl/N-ethyl adjacent to an activating group) is 1. The van der Waals surface area contributed by atoms with E-state index in [1.54, 1.807) is 4.31 Å². The maximum Gasteiger partial charge on any atom is 0.214 e. The Kier molecular flexibility index (Phi) is 4.73. The molecule has 0 spiro atoms. The third kappa shape index (κ3) is 3.16. The molecule has 1 aliphatic heterocycles. The minimum atomic E-state index is -3.09. The van der Waals surface area contributed by atoms with Crippen molar-refractivity contribution in [2.75, 3.05) is 39.5 Å². The summed E-state index contributed by atoms with van der Waals surface area (Å²) in [6, 6.07) is 0.327. The van der Waals surface area contributed by atoms with Gasteiger partial charge in [-0.25, -0.2) is 12.7 Å². The van der Waals surface area contributed by atoms with Crippen LogP contribution >= 0.6 is 0 Å². The van der Waals surface area contributed by atoms with Crippen LogP contribution in [0.5, 0.6) is 0 Å². The smallest absolute Gasteiger partial charge is 0.214 e. The summed E-state index contributed by atoms with van der Waals surface area (Å²) < 4.78 is 25.5. The first-order valence-electron chi connectivity index (χ1n) is 5.73. The molecule has 0 saturated carbocycles. The number of hydrogen-bond acceptors (Lipinski definition) is 4. The van der Waals surface area contributed by atoms with Crippen molar-refractivity contribution in [2.24, 2.45) is 11.7 Å². The first-order valence-corrected chi connectivity index (χ1v) is 7.33. The molecule has 1 heterocycles. The van der Waals surface area contributed by atoms with Crippen molar-refractivity contribution in [3.63, 3.8) is 0 Å². The molecule has 0 aromatic heterocycles. The molecule has 16 heavy (non-hydrogen) atoms. The maximum atomic E-state index is 12.0. The van der Waals surface area contributed by atoms with E-state index in [9.17, 15) is 8.42 Å². The zero-order valence-electron chi connectivity index (χ0n) is 10.4. The molecule has 0 amide bonds. The molecule has 1 rings (SSSR count). The van der Waals surface area contributed by atoms with Crippen LogP contribution in [-0.4, -0.2) is 63.1 Å². The van der Waals surface area contributed by atoms with Crippen LogP contribution in [0.15, 0.2) is 0 Å². The highest BCUT2D eigenvalue weighted by atomic mass is 32.2. The van der Waals surface area contributed by atoms with E-state index < -0.39 is 10.0 Å². The number of nitrogens with zero attached hydrogens (tertiary/aromatic N) is 2. The minimum Gasteiger partial charge on any atom is -0.330 e. The third-order valence-corrected chi connectivity index (χ3v) is 5.09. The van der Waals surface area contributed by atoms with Gasteiger partial charge in [-0.15, -0.1) is 0 Å². The van der Waals surface area contributed by atoms with E-state index in [-0.39, 0.29) is 5.75 Å². The lowest BCUT2D eigenvalue weighted by Crippen LogP contribution is -2.36. The van der Waals surface area contributed by atoms with E-state index in [0.717, 1.165) is 0 Å². The SMILES string of the molecule is CC1CN(S(=O)(=O)CCCN)CC1N(C)C. The Morgan fingerprint density at radius 2 is 2.00 bits per heavy atom. The molecule has 0 aliphatic carbocycles. The van der Waals surface area contributed by atoms with Crippen LogP contribution in [0.4, 0.5) is 0 Å². The molecule has 2 N–H and O–H groups in total. The fourth-order valence-electron chi connectivity index (χ4n) is 2.20. The topological polar surface area (TPSA) is 66.6 Å². The zero-order valence-corrected chi connectivity index (χ0v) is 11.2. The molecule has 2 unspecified atom stereocenters. The molecule has 2 atom stereocenters. The van der Waals surface area contributed by atoms with Gasteiger partial charge in [0.05, 0.1) is 5.75 Å². The van der Waals surface area contributed by atoms with Crippen molar-refractivity contribution in [2.45, 2.75) is 19.4 Å². The Morgan fingerprint density at radius 3 is 2.44 bits per heavy atom. The second kappa shape index (κ2) is 5.44. The average molecular weight is 249 g/mol. The summed E-state index contributed by atoms with van der Waals surface area (Å²) in [5.41, 5.74) is 5.35. The standard InChI is InChI=1S/C10H23N3O2S/c1-9-7-13(8-10(9)12(2)3)16(14,15)6-4-5-11/h9-10H,4-8,11H2,1-3H3. The first-order chi connectivity index (χ1) is 7.38. The lowest BCUT2D eigenvalue weighted by molar-refractivity contribution is 0.263. The second-order valence-corrected chi connectivity index (χ2v) is 6.87. The van der Waals surface area contributed by atoms with Crippen LogP contribution < -0.4 is 5.73 Å². The van der Waals surface area contributed by atoms with Gasteiger partial charge in [0.2, 0.25) is 10.0 Å². The quantitative estimate of drug-likeness (QED) is 0.716. The lowest BCUT2D eigenvalue weighted by Gasteiger charge is -2.22. The Labute approximate surface area is 98.6 Å². The molecular formula is C10H23N3O2S. The lowest BCUT2D eigenvalue weighted by atomic mass is 10.1. The molecule has 0 bridgehead atoms. The number of hydrogen-bond donors (Lipinski definition) is 1. The molecule has 1 aliphatic rings. The normalized spacial score (nSPS) is 27.8. The average Bonchev–Trinajstić information content (AvgIpc) is 2.58. The van der Waals surface area contributed by atoms with E-state index in [4.69, 9.17) is 5.73 Å². The van der Waals surface area contributed by atoms with Crippen LogP contribution in [-0.2, 0) is 10.0 Å². The predicted octanol–water partition coefficient (Wildman–Crippen LogP) is -0.453. The molecule has 0 aromatic rings. The van der Waals surface area contributed by atoms with E-state index >= 15 is 0 Å². The highest BCUT2D eigenvalue weighted by Crippen LogP contribution is 2.22. The number of nitrogens with two attached hydrogens (primary N) is 1. The molecular weight excluding hydrogens is 226 g/mol. The third-order valence-electron chi connectivity index (χ3n) is 3.20. The predicted molar refractivity (Wildman–Crippen MR) is 65.7 cm³/mol. The molecule has 5 nitrogen and oxygen atoms in total. The summed E-state index contributed by atoms with van der Waals surface area (Å²) in [4.78, 5) is 2.10. The summed E-state index contributed by atoms with van der Waals surface area (Å²) in [5, 5.41) is 0. The van der Waals surface area contributed by atoms with E-state index in [1.165, 1.54) is 0 Å². The van der Waals surface area contributed by atoms with Gasteiger partial charge >= 0.3 is 0 Å². The van der Waals surface area contributed by atoms with Gasteiger partial charge in [0.15, 0.2) is 0 Å². The van der Waals surface area contributed by atoms with Crippen molar-refractivity contribution in [1.29, 1.82) is 0 Å². The maximum absolute atomic E-state index is 12.0. The van der Waals surface area contributed by atoms with Gasteiger partial charge in [-0.2, -0.15) is 0 Å². The van der Waals surface area contributed by atoms with Crippen LogP contribution in [0, 0.1) is 5.92 Å². The van der Waals surface area contributed by atoms with Crippen LogP contribution in [0.3, 0.4) is 0 Å². The molecule has 96 valence electrons. The summed E-state index contributed by atoms with van der Waals surface area (Å²) in [6.45, 7) is 3.78. The van der Waals surface area contributed by atoms with Gasteiger partial charge in [0.1, 0.15) is 0 Å². The van der Waals surface area contributed by atoms with Crippen molar-refractivity contribution < 1.29 is 8.42 Å². The Bertz CT molecular complexity index is 316. The fraction of sp³-hybridized carbons (Fsp3) is 1.00. The Balaban J connectivity index is 2.64. The van der Waals surface area contributed by atoms with Crippen molar-refractivity contribution in [3.8, 4) is 0 Å². The fourth-order valence-corrected chi connectivity index (χ4v) is 3.83. The molecule has 0 aromatic carbocycles. The molecule has 1 fully saturated rings. The van der Waals surface area contributed by atoms with Crippen LogP contribution in [0.25, 0.3) is 0 Å². The van der Waals surface area contributed by atoms with Gasteiger partial charge in [0, 0.05) is 19.1 Å².